The number of likely N-dealkylation sites (tertiary alicyclic amines) is 1. The molecule has 1 aliphatic rings. The highest BCUT2D eigenvalue weighted by molar-refractivity contribution is 5.85. The highest BCUT2D eigenvalue weighted by Crippen LogP contribution is 2.35. The Morgan fingerprint density at radius 3 is 2.48 bits per heavy atom. The minimum atomic E-state index is -0.847. The molecule has 7 heteroatoms. The molecule has 3 N–H and O–H groups in total. The summed E-state index contributed by atoms with van der Waals surface area (Å²) in [5.41, 5.74) is -0.837. The lowest BCUT2D eigenvalue weighted by atomic mass is 9.83. The Morgan fingerprint density at radius 2 is 1.90 bits per heavy atom. The van der Waals surface area contributed by atoms with Crippen LogP contribution < -0.4 is 10.6 Å². The lowest BCUT2D eigenvalue weighted by Crippen LogP contribution is -2.45. The van der Waals surface area contributed by atoms with Gasteiger partial charge in [0.15, 0.2) is 0 Å². The van der Waals surface area contributed by atoms with Gasteiger partial charge in [0.2, 0.25) is 5.91 Å². The van der Waals surface area contributed by atoms with E-state index in [2.05, 4.69) is 10.6 Å². The van der Waals surface area contributed by atoms with E-state index in [9.17, 15) is 19.5 Å². The first-order valence-corrected chi connectivity index (χ1v) is 7.48. The number of aliphatic carboxylic acids is 1. The molecule has 120 valence electrons. The number of amides is 3. The first kappa shape index (κ1) is 17.3. The van der Waals surface area contributed by atoms with Crippen LogP contribution in [0, 0.1) is 5.41 Å². The summed E-state index contributed by atoms with van der Waals surface area (Å²) >= 11 is 0. The van der Waals surface area contributed by atoms with E-state index >= 15 is 0 Å². The van der Waals surface area contributed by atoms with Gasteiger partial charge in [-0.05, 0) is 19.3 Å². The molecule has 1 fully saturated rings. The number of carbonyl (C=O) groups is 3. The summed E-state index contributed by atoms with van der Waals surface area (Å²) in [6, 6.07) is -0.374. The lowest BCUT2D eigenvalue weighted by molar-refractivity contribution is -0.148. The molecule has 21 heavy (non-hydrogen) atoms. The molecule has 7 nitrogen and oxygen atoms in total. The third-order valence-electron chi connectivity index (χ3n) is 3.80. The largest absolute Gasteiger partial charge is 0.481 e. The molecular weight excluding hydrogens is 274 g/mol. The number of carboxylic acids is 1. The van der Waals surface area contributed by atoms with Crippen LogP contribution in [0.25, 0.3) is 0 Å². The first-order valence-electron chi connectivity index (χ1n) is 7.48. The minimum Gasteiger partial charge on any atom is -0.481 e. The van der Waals surface area contributed by atoms with Gasteiger partial charge in [-0.2, -0.15) is 0 Å². The molecule has 0 bridgehead atoms. The number of rotatable bonds is 7. The zero-order chi connectivity index (χ0) is 15.9. The molecule has 0 aromatic carbocycles. The number of urea groups is 1. The number of carbonyl (C=O) groups excluding carboxylic acids is 2. The van der Waals surface area contributed by atoms with Crippen LogP contribution in [0.15, 0.2) is 0 Å². The van der Waals surface area contributed by atoms with Gasteiger partial charge in [-0.1, -0.05) is 20.3 Å². The van der Waals surface area contributed by atoms with Crippen molar-refractivity contribution in [1.29, 1.82) is 0 Å². The molecule has 0 spiro atoms. The van der Waals surface area contributed by atoms with Gasteiger partial charge >= 0.3 is 12.0 Å². The SMILES string of the molecule is CCCNC(=O)CNC(=O)N1CCC(CCC)(C(=O)O)C1. The Morgan fingerprint density at radius 1 is 1.19 bits per heavy atom. The summed E-state index contributed by atoms with van der Waals surface area (Å²) < 4.78 is 0. The fraction of sp³-hybridized carbons (Fsp3) is 0.786. The summed E-state index contributed by atoms with van der Waals surface area (Å²) in [4.78, 5) is 36.3. The highest BCUT2D eigenvalue weighted by Gasteiger charge is 2.45. The molecule has 0 aromatic rings. The molecule has 0 aromatic heterocycles. The van der Waals surface area contributed by atoms with Gasteiger partial charge in [-0.25, -0.2) is 4.79 Å². The molecule has 0 radical (unpaired) electrons. The summed E-state index contributed by atoms with van der Waals surface area (Å²) in [6.07, 6.45) is 2.62. The molecule has 0 aliphatic carbocycles. The molecule has 0 saturated carbocycles. The maximum Gasteiger partial charge on any atom is 0.317 e. The van der Waals surface area contributed by atoms with Gasteiger partial charge in [0.1, 0.15) is 0 Å². The zero-order valence-electron chi connectivity index (χ0n) is 12.8. The molecule has 1 unspecified atom stereocenters. The molecule has 3 amide bonds. The smallest absolute Gasteiger partial charge is 0.317 e. The number of nitrogens with zero attached hydrogens (tertiary/aromatic N) is 1. The summed E-state index contributed by atoms with van der Waals surface area (Å²) in [7, 11) is 0. The fourth-order valence-corrected chi connectivity index (χ4v) is 2.60. The summed E-state index contributed by atoms with van der Waals surface area (Å²) in [5, 5.41) is 14.6. The Balaban J connectivity index is 2.46. The zero-order valence-corrected chi connectivity index (χ0v) is 12.8. The van der Waals surface area contributed by atoms with E-state index in [4.69, 9.17) is 0 Å². The Kier molecular flexibility index (Phi) is 6.45. The van der Waals surface area contributed by atoms with Crippen molar-refractivity contribution >= 4 is 17.9 Å². The molecule has 1 saturated heterocycles. The second-order valence-electron chi connectivity index (χ2n) is 5.52. The second-order valence-corrected chi connectivity index (χ2v) is 5.52. The van der Waals surface area contributed by atoms with E-state index < -0.39 is 11.4 Å². The van der Waals surface area contributed by atoms with Crippen LogP contribution in [0.1, 0.15) is 39.5 Å². The van der Waals surface area contributed by atoms with E-state index in [1.54, 1.807) is 0 Å². The molecule has 1 rings (SSSR count). The van der Waals surface area contributed by atoms with Crippen LogP contribution in [0.3, 0.4) is 0 Å². The predicted octanol–water partition coefficient (Wildman–Crippen LogP) is 0.799. The Bertz CT molecular complexity index is 400. The third kappa shape index (κ3) is 4.61. The van der Waals surface area contributed by atoms with Crippen LogP contribution >= 0.6 is 0 Å². The number of hydrogen-bond acceptors (Lipinski definition) is 3. The highest BCUT2D eigenvalue weighted by atomic mass is 16.4. The van der Waals surface area contributed by atoms with Crippen molar-refractivity contribution in [2.24, 2.45) is 5.41 Å². The Labute approximate surface area is 125 Å². The van der Waals surface area contributed by atoms with Crippen molar-refractivity contribution in [2.45, 2.75) is 39.5 Å². The average molecular weight is 299 g/mol. The predicted molar refractivity (Wildman–Crippen MR) is 77.9 cm³/mol. The van der Waals surface area contributed by atoms with Gasteiger partial charge in [0, 0.05) is 19.6 Å². The van der Waals surface area contributed by atoms with E-state index in [1.807, 2.05) is 13.8 Å². The third-order valence-corrected chi connectivity index (χ3v) is 3.80. The topological polar surface area (TPSA) is 98.7 Å². The van der Waals surface area contributed by atoms with Crippen LogP contribution in [0.2, 0.25) is 0 Å². The maximum atomic E-state index is 12.0. The van der Waals surface area contributed by atoms with E-state index in [0.29, 0.717) is 25.9 Å². The second kappa shape index (κ2) is 7.85. The van der Waals surface area contributed by atoms with Gasteiger partial charge in [-0.15, -0.1) is 0 Å². The number of hydrogen-bond donors (Lipinski definition) is 3. The van der Waals surface area contributed by atoms with Crippen molar-refractivity contribution in [2.75, 3.05) is 26.2 Å². The maximum absolute atomic E-state index is 12.0. The van der Waals surface area contributed by atoms with Gasteiger partial charge in [-0.3, -0.25) is 9.59 Å². The molecule has 1 aliphatic heterocycles. The fourth-order valence-electron chi connectivity index (χ4n) is 2.60. The summed E-state index contributed by atoms with van der Waals surface area (Å²) in [6.45, 7) is 5.00. The molecular formula is C14H25N3O4. The monoisotopic (exact) mass is 299 g/mol. The van der Waals surface area contributed by atoms with Crippen LogP contribution in [-0.2, 0) is 9.59 Å². The van der Waals surface area contributed by atoms with Crippen molar-refractivity contribution in [3.63, 3.8) is 0 Å². The molecule has 1 heterocycles. The number of nitrogens with one attached hydrogen (secondary N) is 2. The standard InChI is InChI=1S/C14H25N3O4/c1-3-5-14(12(19)20)6-8-17(10-14)13(21)16-9-11(18)15-7-4-2/h3-10H2,1-2H3,(H,15,18)(H,16,21)(H,19,20). The number of carboxylic acid groups (broad SMARTS) is 1. The van der Waals surface area contributed by atoms with Crippen molar-refractivity contribution in [3.05, 3.63) is 0 Å². The molecule has 1 atom stereocenters. The van der Waals surface area contributed by atoms with Crippen LogP contribution in [-0.4, -0.2) is 54.1 Å². The van der Waals surface area contributed by atoms with Gasteiger partial charge in [0.25, 0.3) is 0 Å². The van der Waals surface area contributed by atoms with Crippen molar-refractivity contribution in [1.82, 2.24) is 15.5 Å². The van der Waals surface area contributed by atoms with E-state index in [1.165, 1.54) is 4.90 Å². The quantitative estimate of drug-likeness (QED) is 0.647. The van der Waals surface area contributed by atoms with Gasteiger partial charge in [0.05, 0.1) is 12.0 Å². The van der Waals surface area contributed by atoms with Crippen molar-refractivity contribution < 1.29 is 19.5 Å². The lowest BCUT2D eigenvalue weighted by Gasteiger charge is -2.24. The van der Waals surface area contributed by atoms with Gasteiger partial charge < -0.3 is 20.6 Å². The van der Waals surface area contributed by atoms with E-state index in [-0.39, 0.29) is 25.0 Å². The van der Waals surface area contributed by atoms with E-state index in [0.717, 1.165) is 12.8 Å². The van der Waals surface area contributed by atoms with Crippen molar-refractivity contribution in [3.8, 4) is 0 Å². The minimum absolute atomic E-state index is 0.0802. The first-order chi connectivity index (χ1) is 9.95. The van der Waals surface area contributed by atoms with Crippen LogP contribution in [0.5, 0.6) is 0 Å². The Hall–Kier alpha value is -1.79. The summed E-state index contributed by atoms with van der Waals surface area (Å²) in [5.74, 6) is -1.08. The average Bonchev–Trinajstić information content (AvgIpc) is 2.88. The normalized spacial score (nSPS) is 21.1. The van der Waals surface area contributed by atoms with Crippen LogP contribution in [0.4, 0.5) is 4.79 Å².